The monoisotopic (exact) mass is 295 g/mol. The zero-order valence-electron chi connectivity index (χ0n) is 9.33. The van der Waals surface area contributed by atoms with Crippen LogP contribution in [-0.2, 0) is 12.7 Å². The molecule has 0 N–H and O–H groups in total. The van der Waals surface area contributed by atoms with Crippen molar-refractivity contribution in [3.05, 3.63) is 22.7 Å². The molecule has 0 spiro atoms. The Hall–Kier alpha value is -0.950. The molecular weight excluding hydrogens is 287 g/mol. The first kappa shape index (κ1) is 13.5. The molecule has 1 aromatic carbocycles. The molecule has 0 aliphatic rings. The first-order valence-electron chi connectivity index (χ1n) is 5.02. The highest BCUT2D eigenvalue weighted by atomic mass is 35.5. The highest BCUT2D eigenvalue weighted by Crippen LogP contribution is 2.36. The molecule has 0 radical (unpaired) electrons. The molecule has 8 heteroatoms. The largest absolute Gasteiger partial charge is 0.417 e. The summed E-state index contributed by atoms with van der Waals surface area (Å²) in [5.41, 5.74) is -0.163. The summed E-state index contributed by atoms with van der Waals surface area (Å²) in [6, 6.07) is 2.19. The van der Waals surface area contributed by atoms with Gasteiger partial charge in [0, 0.05) is 5.75 Å². The van der Waals surface area contributed by atoms with E-state index in [1.54, 1.807) is 16.4 Å². The third kappa shape index (κ3) is 2.56. The minimum absolute atomic E-state index is 0.202. The molecule has 2 rings (SSSR count). The van der Waals surface area contributed by atoms with Gasteiger partial charge in [-0.25, -0.2) is 4.68 Å². The van der Waals surface area contributed by atoms with Crippen molar-refractivity contribution in [1.29, 1.82) is 0 Å². The average molecular weight is 296 g/mol. The number of aryl methyl sites for hydroxylation is 1. The fourth-order valence-electron chi connectivity index (χ4n) is 1.55. The van der Waals surface area contributed by atoms with Crippen molar-refractivity contribution in [2.45, 2.75) is 12.7 Å². The van der Waals surface area contributed by atoms with Crippen LogP contribution in [0.1, 0.15) is 5.56 Å². The zero-order valence-corrected chi connectivity index (χ0v) is 10.9. The van der Waals surface area contributed by atoms with Crippen molar-refractivity contribution < 1.29 is 13.2 Å². The topological polar surface area (TPSA) is 30.7 Å². The van der Waals surface area contributed by atoms with Gasteiger partial charge in [0.2, 0.25) is 0 Å². The number of halogens is 4. The molecule has 0 saturated carbocycles. The molecule has 0 bridgehead atoms. The van der Waals surface area contributed by atoms with Crippen LogP contribution >= 0.6 is 23.4 Å². The quantitative estimate of drug-likeness (QED) is 0.869. The lowest BCUT2D eigenvalue weighted by molar-refractivity contribution is -0.137. The first-order valence-corrected chi connectivity index (χ1v) is 6.79. The Morgan fingerprint density at radius 3 is 2.72 bits per heavy atom. The maximum Gasteiger partial charge on any atom is 0.417 e. The minimum atomic E-state index is -4.48. The molecule has 0 fully saturated rings. The fraction of sp³-hybridized carbons (Fsp3) is 0.400. The standard InChI is InChI=1S/C10H9ClF3N3S/c1-18-3-2-17-9-5-7(11)6(10(12,13)14)4-8(9)15-16-17/h4-5H,2-3H2,1H3. The molecule has 0 atom stereocenters. The van der Waals surface area contributed by atoms with Gasteiger partial charge in [0.05, 0.1) is 22.6 Å². The summed E-state index contributed by atoms with van der Waals surface area (Å²) in [5.74, 6) is 0.803. The lowest BCUT2D eigenvalue weighted by Crippen LogP contribution is -2.06. The van der Waals surface area contributed by atoms with Crippen LogP contribution in [0.3, 0.4) is 0 Å². The maximum atomic E-state index is 12.6. The Morgan fingerprint density at radius 2 is 2.11 bits per heavy atom. The van der Waals surface area contributed by atoms with Gasteiger partial charge >= 0.3 is 6.18 Å². The lowest BCUT2D eigenvalue weighted by Gasteiger charge is -2.08. The molecule has 2 aromatic rings. The fourth-order valence-corrected chi connectivity index (χ4v) is 2.17. The Bertz CT molecular complexity index is 567. The number of nitrogens with zero attached hydrogens (tertiary/aromatic N) is 3. The summed E-state index contributed by atoms with van der Waals surface area (Å²) < 4.78 is 39.5. The number of thioether (sulfide) groups is 1. The van der Waals surface area contributed by atoms with Crippen LogP contribution in [-0.4, -0.2) is 27.0 Å². The molecule has 1 heterocycles. The summed E-state index contributed by atoms with van der Waals surface area (Å²) in [6.07, 6.45) is -2.54. The van der Waals surface area contributed by atoms with E-state index in [0.717, 1.165) is 11.8 Å². The van der Waals surface area contributed by atoms with Crippen LogP contribution in [0.4, 0.5) is 13.2 Å². The third-order valence-electron chi connectivity index (χ3n) is 2.42. The zero-order chi connectivity index (χ0) is 13.3. The van der Waals surface area contributed by atoms with Gasteiger partial charge in [-0.3, -0.25) is 0 Å². The van der Waals surface area contributed by atoms with Crippen LogP contribution in [0.5, 0.6) is 0 Å². The number of fused-ring (bicyclic) bond motifs is 1. The van der Waals surface area contributed by atoms with E-state index in [1.165, 1.54) is 6.07 Å². The number of aromatic nitrogens is 3. The molecule has 0 unspecified atom stereocenters. The van der Waals surface area contributed by atoms with Crippen molar-refractivity contribution in [1.82, 2.24) is 15.0 Å². The summed E-state index contributed by atoms with van der Waals surface area (Å²) in [6.45, 7) is 0.583. The van der Waals surface area contributed by atoms with Crippen molar-refractivity contribution in [3.63, 3.8) is 0 Å². The van der Waals surface area contributed by atoms with Crippen LogP contribution in [0.25, 0.3) is 11.0 Å². The number of rotatable bonds is 3. The van der Waals surface area contributed by atoms with Gasteiger partial charge < -0.3 is 0 Å². The predicted octanol–water partition coefficient (Wildman–Crippen LogP) is 3.47. The van der Waals surface area contributed by atoms with E-state index in [9.17, 15) is 13.2 Å². The molecule has 18 heavy (non-hydrogen) atoms. The summed E-state index contributed by atoms with van der Waals surface area (Å²) in [5, 5.41) is 7.23. The first-order chi connectivity index (χ1) is 8.43. The van der Waals surface area contributed by atoms with E-state index in [4.69, 9.17) is 11.6 Å². The molecule has 0 aliphatic heterocycles. The van der Waals surface area contributed by atoms with Crippen LogP contribution in [0.15, 0.2) is 12.1 Å². The van der Waals surface area contributed by atoms with Gasteiger partial charge in [0.1, 0.15) is 5.52 Å². The molecule has 0 amide bonds. The van der Waals surface area contributed by atoms with Gasteiger partial charge in [-0.1, -0.05) is 16.8 Å². The Kier molecular flexibility index (Phi) is 3.72. The Labute approximate surface area is 110 Å². The molecule has 3 nitrogen and oxygen atoms in total. The molecule has 98 valence electrons. The highest BCUT2D eigenvalue weighted by molar-refractivity contribution is 7.98. The van der Waals surface area contributed by atoms with Crippen molar-refractivity contribution >= 4 is 34.4 Å². The lowest BCUT2D eigenvalue weighted by atomic mass is 10.2. The van der Waals surface area contributed by atoms with Gasteiger partial charge in [-0.15, -0.1) is 5.10 Å². The highest BCUT2D eigenvalue weighted by Gasteiger charge is 2.34. The summed E-state index contributed by atoms with van der Waals surface area (Å²) in [4.78, 5) is 0. The number of alkyl halides is 3. The van der Waals surface area contributed by atoms with Crippen molar-refractivity contribution in [2.75, 3.05) is 12.0 Å². The SMILES string of the molecule is CSCCn1nnc2cc(C(F)(F)F)c(Cl)cc21. The van der Waals surface area contributed by atoms with Crippen LogP contribution < -0.4 is 0 Å². The van der Waals surface area contributed by atoms with Crippen molar-refractivity contribution in [2.24, 2.45) is 0 Å². The molecular formula is C10H9ClF3N3S. The third-order valence-corrected chi connectivity index (χ3v) is 3.32. The predicted molar refractivity (Wildman–Crippen MR) is 65.9 cm³/mol. The maximum absolute atomic E-state index is 12.6. The van der Waals surface area contributed by atoms with E-state index in [0.29, 0.717) is 12.1 Å². The van der Waals surface area contributed by atoms with Crippen molar-refractivity contribution in [3.8, 4) is 0 Å². The Morgan fingerprint density at radius 1 is 1.39 bits per heavy atom. The van der Waals surface area contributed by atoms with E-state index in [-0.39, 0.29) is 10.5 Å². The second-order valence-corrected chi connectivity index (χ2v) is 5.02. The van der Waals surface area contributed by atoms with E-state index in [1.807, 2.05) is 6.26 Å². The Balaban J connectivity index is 2.49. The van der Waals surface area contributed by atoms with E-state index in [2.05, 4.69) is 10.3 Å². The minimum Gasteiger partial charge on any atom is -0.244 e. The normalized spacial score (nSPS) is 12.3. The summed E-state index contributed by atoms with van der Waals surface area (Å²) in [7, 11) is 0. The van der Waals surface area contributed by atoms with E-state index >= 15 is 0 Å². The molecule has 0 aliphatic carbocycles. The second kappa shape index (κ2) is 4.97. The molecule has 1 aromatic heterocycles. The van der Waals surface area contributed by atoms with Gasteiger partial charge in [-0.2, -0.15) is 24.9 Å². The van der Waals surface area contributed by atoms with E-state index < -0.39 is 11.7 Å². The number of hydrogen-bond acceptors (Lipinski definition) is 3. The molecule has 0 saturated heterocycles. The number of benzene rings is 1. The van der Waals surface area contributed by atoms with Gasteiger partial charge in [-0.05, 0) is 18.4 Å². The second-order valence-electron chi connectivity index (χ2n) is 3.62. The summed E-state index contributed by atoms with van der Waals surface area (Å²) >= 11 is 7.28. The van der Waals surface area contributed by atoms with Crippen LogP contribution in [0.2, 0.25) is 5.02 Å². The van der Waals surface area contributed by atoms with Gasteiger partial charge in [0.15, 0.2) is 0 Å². The van der Waals surface area contributed by atoms with Gasteiger partial charge in [0.25, 0.3) is 0 Å². The average Bonchev–Trinajstić information content (AvgIpc) is 2.66. The van der Waals surface area contributed by atoms with Crippen LogP contribution in [0, 0.1) is 0 Å². The smallest absolute Gasteiger partial charge is 0.244 e. The number of hydrogen-bond donors (Lipinski definition) is 0.